The Morgan fingerprint density at radius 1 is 1.22 bits per heavy atom. The highest BCUT2D eigenvalue weighted by Gasteiger charge is 2.20. The molecule has 1 saturated heterocycles. The SMILES string of the molecule is Cc1cc(N2CCN(CC#N)CC2)cc2[nH]c(-c3c(NC[C@@H](O)c4cccc(Cl)c4)cc[nH]c3=O)nc12. The van der Waals surface area contributed by atoms with E-state index in [1.807, 2.05) is 6.92 Å². The number of aromatic nitrogens is 3. The van der Waals surface area contributed by atoms with Crippen molar-refractivity contribution in [2.24, 2.45) is 0 Å². The molecule has 3 heterocycles. The normalized spacial score (nSPS) is 15.0. The monoisotopic (exact) mass is 517 g/mol. The Labute approximate surface area is 219 Å². The van der Waals surface area contributed by atoms with Crippen LogP contribution in [0.1, 0.15) is 17.2 Å². The molecule has 4 N–H and O–H groups in total. The van der Waals surface area contributed by atoms with E-state index in [4.69, 9.17) is 21.8 Å². The molecule has 190 valence electrons. The number of pyridine rings is 1. The number of hydrogen-bond acceptors (Lipinski definition) is 7. The molecule has 1 aliphatic heterocycles. The summed E-state index contributed by atoms with van der Waals surface area (Å²) in [4.78, 5) is 28.2. The molecule has 10 heteroatoms. The number of piperazine rings is 1. The molecule has 0 bridgehead atoms. The van der Waals surface area contributed by atoms with Crippen molar-refractivity contribution in [1.29, 1.82) is 5.26 Å². The average Bonchev–Trinajstić information content (AvgIpc) is 3.32. The molecule has 0 aliphatic carbocycles. The van der Waals surface area contributed by atoms with Crippen molar-refractivity contribution < 1.29 is 5.11 Å². The topological polar surface area (TPSA) is 124 Å². The summed E-state index contributed by atoms with van der Waals surface area (Å²) >= 11 is 6.06. The van der Waals surface area contributed by atoms with Crippen molar-refractivity contribution in [2.45, 2.75) is 13.0 Å². The van der Waals surface area contributed by atoms with E-state index in [0.717, 1.165) is 48.5 Å². The predicted molar refractivity (Wildman–Crippen MR) is 146 cm³/mol. The number of aliphatic hydroxyl groups is 1. The summed E-state index contributed by atoms with van der Waals surface area (Å²) in [5.74, 6) is 0.454. The maximum Gasteiger partial charge on any atom is 0.261 e. The summed E-state index contributed by atoms with van der Waals surface area (Å²) in [7, 11) is 0. The van der Waals surface area contributed by atoms with Gasteiger partial charge in [0, 0.05) is 49.6 Å². The van der Waals surface area contributed by atoms with Gasteiger partial charge in [0.2, 0.25) is 0 Å². The number of benzene rings is 2. The molecule has 5 rings (SSSR count). The first-order valence-corrected chi connectivity index (χ1v) is 12.5. The Balaban J connectivity index is 1.41. The minimum Gasteiger partial charge on any atom is -0.387 e. The van der Waals surface area contributed by atoms with Gasteiger partial charge in [-0.3, -0.25) is 9.69 Å². The summed E-state index contributed by atoms with van der Waals surface area (Å²) in [6.07, 6.45) is 0.762. The Morgan fingerprint density at radius 2 is 2.03 bits per heavy atom. The second-order valence-electron chi connectivity index (χ2n) is 9.21. The van der Waals surface area contributed by atoms with E-state index in [0.29, 0.717) is 34.2 Å². The molecule has 4 aromatic rings. The lowest BCUT2D eigenvalue weighted by Gasteiger charge is -2.35. The molecule has 2 aromatic heterocycles. The van der Waals surface area contributed by atoms with Gasteiger partial charge in [-0.1, -0.05) is 23.7 Å². The quantitative estimate of drug-likeness (QED) is 0.276. The number of fused-ring (bicyclic) bond motifs is 1. The number of aryl methyl sites for hydroxylation is 1. The summed E-state index contributed by atoms with van der Waals surface area (Å²) in [5.41, 5.74) is 5.08. The number of nitrogens with zero attached hydrogens (tertiary/aromatic N) is 4. The molecule has 0 unspecified atom stereocenters. The van der Waals surface area contributed by atoms with Crippen LogP contribution < -0.4 is 15.8 Å². The van der Waals surface area contributed by atoms with E-state index < -0.39 is 6.10 Å². The van der Waals surface area contributed by atoms with Crippen LogP contribution in [0.2, 0.25) is 5.02 Å². The van der Waals surface area contributed by atoms with Crippen LogP contribution in [0.15, 0.2) is 53.5 Å². The first-order chi connectivity index (χ1) is 17.9. The second kappa shape index (κ2) is 10.6. The third-order valence-corrected chi connectivity index (χ3v) is 6.95. The summed E-state index contributed by atoms with van der Waals surface area (Å²) in [6, 6.07) is 15.2. The number of aromatic amines is 2. The lowest BCUT2D eigenvalue weighted by Crippen LogP contribution is -2.46. The number of H-pyrrole nitrogens is 2. The van der Waals surface area contributed by atoms with Crippen molar-refractivity contribution in [3.05, 3.63) is 75.2 Å². The highest BCUT2D eigenvalue weighted by Crippen LogP contribution is 2.30. The van der Waals surface area contributed by atoms with Crippen LogP contribution in [-0.2, 0) is 0 Å². The number of nitrogens with one attached hydrogen (secondary N) is 3. The minimum atomic E-state index is -0.806. The van der Waals surface area contributed by atoms with Crippen LogP contribution in [0.5, 0.6) is 0 Å². The Morgan fingerprint density at radius 3 is 2.78 bits per heavy atom. The molecule has 0 saturated carbocycles. The van der Waals surface area contributed by atoms with Gasteiger partial charge in [0.15, 0.2) is 0 Å². The standard InChI is InChI=1S/C27H28ClN7O2/c1-17-13-20(35-11-9-34(8-6-29)10-12-35)15-22-25(17)33-26(32-22)24-21(5-7-30-27(24)37)31-16-23(36)18-3-2-4-19(28)14-18/h2-5,7,13-15,23,36H,8-12,16H2,1H3,(H,32,33)(H2,30,31,37)/t23-/m1/s1. The maximum atomic E-state index is 12.9. The lowest BCUT2D eigenvalue weighted by molar-refractivity contribution is 0.191. The maximum absolute atomic E-state index is 12.9. The largest absolute Gasteiger partial charge is 0.387 e. The number of hydrogen-bond donors (Lipinski definition) is 4. The van der Waals surface area contributed by atoms with E-state index in [9.17, 15) is 9.90 Å². The number of imidazole rings is 1. The zero-order valence-electron chi connectivity index (χ0n) is 20.5. The molecule has 2 aromatic carbocycles. The molecule has 37 heavy (non-hydrogen) atoms. The fourth-order valence-electron chi connectivity index (χ4n) is 4.74. The van der Waals surface area contributed by atoms with Gasteiger partial charge in [-0.15, -0.1) is 0 Å². The first-order valence-electron chi connectivity index (χ1n) is 12.2. The lowest BCUT2D eigenvalue weighted by atomic mass is 10.1. The minimum absolute atomic E-state index is 0.192. The van der Waals surface area contributed by atoms with Crippen molar-refractivity contribution in [3.8, 4) is 17.5 Å². The zero-order chi connectivity index (χ0) is 25.9. The van der Waals surface area contributed by atoms with Crippen LogP contribution in [0.3, 0.4) is 0 Å². The van der Waals surface area contributed by atoms with Crippen LogP contribution in [0, 0.1) is 18.3 Å². The first kappa shape index (κ1) is 24.8. The van der Waals surface area contributed by atoms with Gasteiger partial charge in [0.1, 0.15) is 11.4 Å². The fourth-order valence-corrected chi connectivity index (χ4v) is 4.93. The Bertz CT molecular complexity index is 1520. The number of anilines is 2. The number of nitriles is 1. The van der Waals surface area contributed by atoms with E-state index in [1.165, 1.54) is 0 Å². The van der Waals surface area contributed by atoms with Crippen LogP contribution >= 0.6 is 11.6 Å². The van der Waals surface area contributed by atoms with Gasteiger partial charge in [-0.05, 0) is 48.4 Å². The third-order valence-electron chi connectivity index (χ3n) is 6.71. The molecule has 1 fully saturated rings. The van der Waals surface area contributed by atoms with Gasteiger partial charge in [0.05, 0.1) is 35.4 Å². The van der Waals surface area contributed by atoms with E-state index in [1.54, 1.807) is 36.5 Å². The molecule has 1 aliphatic rings. The fraction of sp³-hybridized carbons (Fsp3) is 0.296. The average molecular weight is 518 g/mol. The van der Waals surface area contributed by atoms with Gasteiger partial charge < -0.3 is 25.3 Å². The summed E-state index contributed by atoms with van der Waals surface area (Å²) in [6.45, 7) is 6.02. The van der Waals surface area contributed by atoms with Crippen molar-refractivity contribution in [2.75, 3.05) is 49.5 Å². The molecule has 0 spiro atoms. The van der Waals surface area contributed by atoms with Crippen molar-refractivity contribution in [3.63, 3.8) is 0 Å². The molecule has 0 radical (unpaired) electrons. The molecule has 0 amide bonds. The molecular formula is C27H28ClN7O2. The van der Waals surface area contributed by atoms with E-state index in [-0.39, 0.29) is 12.1 Å². The summed E-state index contributed by atoms with van der Waals surface area (Å²) < 4.78 is 0. The second-order valence-corrected chi connectivity index (χ2v) is 9.65. The molecular weight excluding hydrogens is 490 g/mol. The van der Waals surface area contributed by atoms with Gasteiger partial charge in [-0.25, -0.2) is 4.98 Å². The Kier molecular flexibility index (Phi) is 7.15. The smallest absolute Gasteiger partial charge is 0.261 e. The molecule has 1 atom stereocenters. The van der Waals surface area contributed by atoms with Crippen LogP contribution in [0.25, 0.3) is 22.4 Å². The predicted octanol–water partition coefficient (Wildman–Crippen LogP) is 3.67. The zero-order valence-corrected chi connectivity index (χ0v) is 21.2. The van der Waals surface area contributed by atoms with Crippen LogP contribution in [-0.4, -0.2) is 64.2 Å². The van der Waals surface area contributed by atoms with Crippen molar-refractivity contribution >= 4 is 34.0 Å². The number of rotatable bonds is 7. The van der Waals surface area contributed by atoms with E-state index in [2.05, 4.69) is 43.3 Å². The third kappa shape index (κ3) is 5.32. The van der Waals surface area contributed by atoms with Gasteiger partial charge in [0.25, 0.3) is 5.56 Å². The Hall–Kier alpha value is -3.84. The van der Waals surface area contributed by atoms with Gasteiger partial charge in [-0.2, -0.15) is 5.26 Å². The van der Waals surface area contributed by atoms with Gasteiger partial charge >= 0.3 is 0 Å². The van der Waals surface area contributed by atoms with E-state index >= 15 is 0 Å². The van der Waals surface area contributed by atoms with Crippen molar-refractivity contribution in [1.82, 2.24) is 19.9 Å². The highest BCUT2D eigenvalue weighted by molar-refractivity contribution is 6.30. The molecule has 9 nitrogen and oxygen atoms in total. The summed E-state index contributed by atoms with van der Waals surface area (Å²) in [5, 5.41) is 23.3. The highest BCUT2D eigenvalue weighted by atomic mass is 35.5. The number of halogens is 1. The number of aliphatic hydroxyl groups excluding tert-OH is 1. The van der Waals surface area contributed by atoms with Crippen LogP contribution in [0.4, 0.5) is 11.4 Å².